The Bertz CT molecular complexity index is 684. The summed E-state index contributed by atoms with van der Waals surface area (Å²) in [5.41, 5.74) is 2.94. The zero-order valence-corrected chi connectivity index (χ0v) is 17.4. The second-order valence-electron chi connectivity index (χ2n) is 5.77. The van der Waals surface area contributed by atoms with Crippen molar-refractivity contribution in [3.63, 3.8) is 0 Å². The summed E-state index contributed by atoms with van der Waals surface area (Å²) in [5, 5.41) is 10.9. The van der Waals surface area contributed by atoms with Gasteiger partial charge in [-0.25, -0.2) is 4.39 Å². The van der Waals surface area contributed by atoms with E-state index in [1.165, 1.54) is 11.8 Å². The molecule has 0 aliphatic heterocycles. The van der Waals surface area contributed by atoms with Crippen LogP contribution in [0.15, 0.2) is 35.3 Å². The molecule has 7 heteroatoms. The van der Waals surface area contributed by atoms with E-state index in [4.69, 9.17) is 0 Å². The summed E-state index contributed by atoms with van der Waals surface area (Å²) in [5.74, 6) is 0.576. The van der Waals surface area contributed by atoms with Gasteiger partial charge < -0.3 is 10.6 Å². The topological polar surface area (TPSA) is 54.2 Å². The third kappa shape index (κ3) is 7.01. The summed E-state index contributed by atoms with van der Waals surface area (Å²) in [6.07, 6.45) is 1.58. The van der Waals surface area contributed by atoms with E-state index in [-0.39, 0.29) is 29.8 Å². The van der Waals surface area contributed by atoms with Gasteiger partial charge in [-0.15, -0.1) is 24.0 Å². The number of benzene rings is 1. The number of nitrogens with one attached hydrogen (secondary N) is 2. The second-order valence-corrected chi connectivity index (χ2v) is 5.77. The van der Waals surface area contributed by atoms with Crippen LogP contribution in [0.3, 0.4) is 0 Å². The lowest BCUT2D eigenvalue weighted by atomic mass is 10.1. The number of hydrogen-bond acceptors (Lipinski definition) is 2. The first-order valence-electron chi connectivity index (χ1n) is 8.29. The van der Waals surface area contributed by atoms with Crippen molar-refractivity contribution in [2.75, 3.05) is 20.1 Å². The average Bonchev–Trinajstić information content (AvgIpc) is 2.89. The lowest BCUT2D eigenvalue weighted by Crippen LogP contribution is -2.39. The molecule has 2 aromatic rings. The molecule has 0 atom stereocenters. The summed E-state index contributed by atoms with van der Waals surface area (Å²) in [7, 11) is 1.74. The maximum atomic E-state index is 13.6. The minimum Gasteiger partial charge on any atom is -0.356 e. The van der Waals surface area contributed by atoms with Crippen molar-refractivity contribution in [1.29, 1.82) is 0 Å². The molecule has 0 saturated heterocycles. The number of nitrogens with zero attached hydrogens (tertiary/aromatic N) is 3. The second kappa shape index (κ2) is 11.1. The van der Waals surface area contributed by atoms with E-state index in [0.717, 1.165) is 31.2 Å². The molecule has 0 spiro atoms. The maximum absolute atomic E-state index is 13.6. The fourth-order valence-corrected chi connectivity index (χ4v) is 2.57. The largest absolute Gasteiger partial charge is 0.356 e. The predicted molar refractivity (Wildman–Crippen MR) is 111 cm³/mol. The van der Waals surface area contributed by atoms with Gasteiger partial charge in [0.25, 0.3) is 0 Å². The number of rotatable bonds is 7. The normalized spacial score (nSPS) is 11.1. The van der Waals surface area contributed by atoms with Crippen LogP contribution < -0.4 is 10.6 Å². The van der Waals surface area contributed by atoms with Gasteiger partial charge in [0, 0.05) is 32.4 Å². The zero-order chi connectivity index (χ0) is 17.4. The molecule has 25 heavy (non-hydrogen) atoms. The minimum atomic E-state index is -0.160. The first kappa shape index (κ1) is 21.4. The number of aromatic nitrogens is 2. The number of guanidine groups is 1. The van der Waals surface area contributed by atoms with Crippen molar-refractivity contribution in [3.05, 3.63) is 53.1 Å². The van der Waals surface area contributed by atoms with Gasteiger partial charge in [0.15, 0.2) is 5.96 Å². The first-order valence-corrected chi connectivity index (χ1v) is 8.29. The van der Waals surface area contributed by atoms with Gasteiger partial charge in [-0.3, -0.25) is 9.67 Å². The van der Waals surface area contributed by atoms with Gasteiger partial charge in [0.1, 0.15) is 5.82 Å². The van der Waals surface area contributed by atoms with Crippen LogP contribution in [0.5, 0.6) is 0 Å². The molecule has 0 saturated carbocycles. The van der Waals surface area contributed by atoms with E-state index in [1.807, 2.05) is 23.7 Å². The van der Waals surface area contributed by atoms with E-state index < -0.39 is 0 Å². The summed E-state index contributed by atoms with van der Waals surface area (Å²) in [6, 6.07) is 8.93. The standard InChI is InChI=1S/C18H26FN5.HI/c1-14-13-15(2)24(23-14)12-6-10-21-18(20-3)22-11-9-16-7-4-5-8-17(16)19;/h4-5,7-8,13H,6,9-12H2,1-3H3,(H2,20,21,22);1H. The van der Waals surface area contributed by atoms with Gasteiger partial charge in [0.2, 0.25) is 0 Å². The molecule has 2 N–H and O–H groups in total. The maximum Gasteiger partial charge on any atom is 0.190 e. The Morgan fingerprint density at radius 1 is 1.20 bits per heavy atom. The third-order valence-electron chi connectivity index (χ3n) is 3.81. The minimum absolute atomic E-state index is 0. The fraction of sp³-hybridized carbons (Fsp3) is 0.444. The van der Waals surface area contributed by atoms with E-state index in [2.05, 4.69) is 33.7 Å². The molecule has 138 valence electrons. The number of aliphatic imine (C=N–C) groups is 1. The molecule has 0 bridgehead atoms. The van der Waals surface area contributed by atoms with Crippen LogP contribution in [0.1, 0.15) is 23.4 Å². The van der Waals surface area contributed by atoms with Gasteiger partial charge in [0.05, 0.1) is 5.69 Å². The van der Waals surface area contributed by atoms with Gasteiger partial charge >= 0.3 is 0 Å². The zero-order valence-electron chi connectivity index (χ0n) is 15.1. The van der Waals surface area contributed by atoms with Crippen molar-refractivity contribution >= 4 is 29.9 Å². The van der Waals surface area contributed by atoms with E-state index in [0.29, 0.717) is 18.5 Å². The van der Waals surface area contributed by atoms with Crippen LogP contribution in [-0.2, 0) is 13.0 Å². The molecule has 0 aliphatic rings. The molecule has 0 aliphatic carbocycles. The lowest BCUT2D eigenvalue weighted by molar-refractivity contribution is 0.555. The molecule has 2 rings (SSSR count). The van der Waals surface area contributed by atoms with Crippen LogP contribution in [0.2, 0.25) is 0 Å². The number of aryl methyl sites for hydroxylation is 3. The van der Waals surface area contributed by atoms with Gasteiger partial charge in [-0.1, -0.05) is 18.2 Å². The molecular formula is C18H27FIN5. The van der Waals surface area contributed by atoms with E-state index in [9.17, 15) is 4.39 Å². The van der Waals surface area contributed by atoms with Crippen molar-refractivity contribution in [3.8, 4) is 0 Å². The Kier molecular flexibility index (Phi) is 9.48. The summed E-state index contributed by atoms with van der Waals surface area (Å²) < 4.78 is 15.6. The fourth-order valence-electron chi connectivity index (χ4n) is 2.57. The van der Waals surface area contributed by atoms with Gasteiger partial charge in [-0.05, 0) is 44.4 Å². The van der Waals surface area contributed by atoms with Crippen molar-refractivity contribution < 1.29 is 4.39 Å². The SMILES string of the molecule is CN=C(NCCCn1nc(C)cc1C)NCCc1ccccc1F.I. The van der Waals surface area contributed by atoms with Crippen LogP contribution in [0, 0.1) is 19.7 Å². The third-order valence-corrected chi connectivity index (χ3v) is 3.81. The summed E-state index contributed by atoms with van der Waals surface area (Å²) in [4.78, 5) is 4.19. The molecule has 0 unspecified atom stereocenters. The van der Waals surface area contributed by atoms with Crippen molar-refractivity contribution in [1.82, 2.24) is 20.4 Å². The lowest BCUT2D eigenvalue weighted by Gasteiger charge is -2.12. The Hall–Kier alpha value is -1.64. The molecule has 0 fully saturated rings. The smallest absolute Gasteiger partial charge is 0.190 e. The highest BCUT2D eigenvalue weighted by Gasteiger charge is 2.03. The van der Waals surface area contributed by atoms with Crippen molar-refractivity contribution in [2.24, 2.45) is 4.99 Å². The number of hydrogen-bond donors (Lipinski definition) is 2. The molecule has 5 nitrogen and oxygen atoms in total. The Balaban J connectivity index is 0.00000312. The van der Waals surface area contributed by atoms with Gasteiger partial charge in [-0.2, -0.15) is 5.10 Å². The Labute approximate surface area is 166 Å². The highest BCUT2D eigenvalue weighted by Crippen LogP contribution is 2.06. The molecule has 0 amide bonds. The van der Waals surface area contributed by atoms with Crippen LogP contribution in [-0.4, -0.2) is 35.9 Å². The van der Waals surface area contributed by atoms with Crippen LogP contribution >= 0.6 is 24.0 Å². The van der Waals surface area contributed by atoms with Crippen LogP contribution in [0.4, 0.5) is 4.39 Å². The Morgan fingerprint density at radius 3 is 2.56 bits per heavy atom. The average molecular weight is 459 g/mol. The Morgan fingerprint density at radius 2 is 1.92 bits per heavy atom. The van der Waals surface area contributed by atoms with Crippen molar-refractivity contribution in [2.45, 2.75) is 33.2 Å². The summed E-state index contributed by atoms with van der Waals surface area (Å²) in [6.45, 7) is 6.38. The predicted octanol–water partition coefficient (Wildman–Crippen LogP) is 3.05. The highest BCUT2D eigenvalue weighted by atomic mass is 127. The summed E-state index contributed by atoms with van der Waals surface area (Å²) >= 11 is 0. The molecule has 1 aromatic carbocycles. The monoisotopic (exact) mass is 459 g/mol. The molecule has 1 aromatic heterocycles. The molecular weight excluding hydrogens is 432 g/mol. The highest BCUT2D eigenvalue weighted by molar-refractivity contribution is 14.0. The van der Waals surface area contributed by atoms with Crippen LogP contribution in [0.25, 0.3) is 0 Å². The first-order chi connectivity index (χ1) is 11.6. The molecule has 0 radical (unpaired) electrons. The molecule has 1 heterocycles. The van der Waals surface area contributed by atoms with E-state index >= 15 is 0 Å². The number of halogens is 2. The quantitative estimate of drug-likeness (QED) is 0.290. The van der Waals surface area contributed by atoms with E-state index in [1.54, 1.807) is 13.1 Å².